The van der Waals surface area contributed by atoms with Crippen LogP contribution in [0.4, 0.5) is 10.1 Å². The van der Waals surface area contributed by atoms with Crippen LogP contribution in [-0.4, -0.2) is 32.2 Å². The summed E-state index contributed by atoms with van der Waals surface area (Å²) in [6, 6.07) is 15.5. The summed E-state index contributed by atoms with van der Waals surface area (Å²) in [6.07, 6.45) is 1.40. The first-order valence-corrected chi connectivity index (χ1v) is 10.4. The van der Waals surface area contributed by atoms with Gasteiger partial charge < -0.3 is 14.8 Å². The molecule has 0 atom stereocenters. The normalized spacial score (nSPS) is 10.6. The summed E-state index contributed by atoms with van der Waals surface area (Å²) in [5, 5.41) is 6.65. The van der Waals surface area contributed by atoms with Gasteiger partial charge in [0, 0.05) is 9.13 Å². The van der Waals surface area contributed by atoms with Crippen LogP contribution in [0, 0.1) is 9.39 Å². The van der Waals surface area contributed by atoms with Gasteiger partial charge in [-0.3, -0.25) is 9.59 Å². The van der Waals surface area contributed by atoms with Gasteiger partial charge in [-0.25, -0.2) is 9.82 Å². The van der Waals surface area contributed by atoms with Gasteiger partial charge in [-0.05, 0) is 76.7 Å². The highest BCUT2D eigenvalue weighted by atomic mass is 127. The lowest BCUT2D eigenvalue weighted by atomic mass is 10.1. The molecule has 9 heteroatoms. The fraction of sp³-hybridized carbons (Fsp3) is 0.0870. The zero-order valence-corrected chi connectivity index (χ0v) is 19.3. The molecule has 0 fully saturated rings. The molecule has 3 aromatic carbocycles. The van der Waals surface area contributed by atoms with E-state index in [0.29, 0.717) is 28.3 Å². The molecule has 0 saturated carbocycles. The lowest BCUT2D eigenvalue weighted by Crippen LogP contribution is -2.21. The average molecular weight is 547 g/mol. The van der Waals surface area contributed by atoms with E-state index in [-0.39, 0.29) is 11.4 Å². The van der Waals surface area contributed by atoms with E-state index in [4.69, 9.17) is 9.47 Å². The smallest absolute Gasteiger partial charge is 0.273 e. The Hall–Kier alpha value is -3.47. The first-order chi connectivity index (χ1) is 15.4. The van der Waals surface area contributed by atoms with Crippen molar-refractivity contribution in [2.75, 3.05) is 19.5 Å². The molecule has 0 radical (unpaired) electrons. The van der Waals surface area contributed by atoms with Crippen molar-refractivity contribution >= 4 is 46.3 Å². The van der Waals surface area contributed by atoms with Crippen molar-refractivity contribution in [2.24, 2.45) is 5.10 Å². The van der Waals surface area contributed by atoms with Crippen LogP contribution in [0.15, 0.2) is 65.8 Å². The Bertz CT molecular complexity index is 1170. The van der Waals surface area contributed by atoms with Gasteiger partial charge in [0.1, 0.15) is 5.82 Å². The van der Waals surface area contributed by atoms with E-state index in [1.807, 2.05) is 0 Å². The number of hydrogen-bond acceptors (Lipinski definition) is 5. The van der Waals surface area contributed by atoms with Gasteiger partial charge in [-0.1, -0.05) is 12.1 Å². The van der Waals surface area contributed by atoms with E-state index in [1.165, 1.54) is 44.7 Å². The molecule has 0 unspecified atom stereocenters. The van der Waals surface area contributed by atoms with E-state index in [9.17, 15) is 14.0 Å². The molecule has 0 spiro atoms. The average Bonchev–Trinajstić information content (AvgIpc) is 2.80. The van der Waals surface area contributed by atoms with Crippen LogP contribution in [0.3, 0.4) is 0 Å². The summed E-state index contributed by atoms with van der Waals surface area (Å²) in [5.41, 5.74) is 3.94. The standard InChI is InChI=1S/C23H19FIN3O4/c1-31-20-10-5-15(11-21(20)32-2)22(29)27-19-9-8-17(25)12-18(19)23(30)28-26-13-14-3-6-16(24)7-4-14/h3-13H,1-2H3,(H,27,29)(H,28,30). The third-order valence-corrected chi connectivity index (χ3v) is 5.04. The van der Waals surface area contributed by atoms with Gasteiger partial charge in [-0.2, -0.15) is 5.10 Å². The summed E-state index contributed by atoms with van der Waals surface area (Å²) < 4.78 is 24.2. The van der Waals surface area contributed by atoms with E-state index in [1.54, 1.807) is 36.4 Å². The number of carbonyl (C=O) groups is 2. The molecule has 3 aromatic rings. The number of benzene rings is 3. The lowest BCUT2D eigenvalue weighted by molar-refractivity contribution is 0.0956. The fourth-order valence-corrected chi connectivity index (χ4v) is 3.25. The quantitative estimate of drug-likeness (QED) is 0.260. The minimum atomic E-state index is -0.510. The summed E-state index contributed by atoms with van der Waals surface area (Å²) in [4.78, 5) is 25.5. The number of rotatable bonds is 7. The predicted molar refractivity (Wildman–Crippen MR) is 128 cm³/mol. The molecule has 0 aliphatic rings. The Kier molecular flexibility index (Phi) is 7.77. The third kappa shape index (κ3) is 5.82. The highest BCUT2D eigenvalue weighted by molar-refractivity contribution is 14.1. The molecule has 0 bridgehead atoms. The summed E-state index contributed by atoms with van der Waals surface area (Å²) >= 11 is 2.07. The second-order valence-corrected chi connectivity index (χ2v) is 7.71. The van der Waals surface area contributed by atoms with Crippen LogP contribution in [-0.2, 0) is 0 Å². The molecule has 0 aromatic heterocycles. The molecule has 164 valence electrons. The molecule has 0 heterocycles. The van der Waals surface area contributed by atoms with Gasteiger partial charge in [0.05, 0.1) is 31.7 Å². The summed E-state index contributed by atoms with van der Waals surface area (Å²) in [6.45, 7) is 0. The monoisotopic (exact) mass is 547 g/mol. The molecule has 0 aliphatic heterocycles. The van der Waals surface area contributed by atoms with Crippen LogP contribution >= 0.6 is 22.6 Å². The van der Waals surface area contributed by atoms with Crippen molar-refractivity contribution in [3.8, 4) is 11.5 Å². The maximum Gasteiger partial charge on any atom is 0.273 e. The van der Waals surface area contributed by atoms with Crippen LogP contribution in [0.2, 0.25) is 0 Å². The number of methoxy groups -OCH3 is 2. The van der Waals surface area contributed by atoms with Gasteiger partial charge >= 0.3 is 0 Å². The molecule has 2 amide bonds. The largest absolute Gasteiger partial charge is 0.493 e. The zero-order valence-electron chi connectivity index (χ0n) is 17.2. The van der Waals surface area contributed by atoms with Crippen LogP contribution in [0.1, 0.15) is 26.3 Å². The minimum Gasteiger partial charge on any atom is -0.493 e. The number of hydrogen-bond donors (Lipinski definition) is 2. The summed E-state index contributed by atoms with van der Waals surface area (Å²) in [7, 11) is 2.99. The van der Waals surface area contributed by atoms with Gasteiger partial charge in [0.2, 0.25) is 0 Å². The molecule has 7 nitrogen and oxygen atoms in total. The number of nitrogens with one attached hydrogen (secondary N) is 2. The van der Waals surface area contributed by atoms with Gasteiger partial charge in [0.25, 0.3) is 11.8 Å². The van der Waals surface area contributed by atoms with Gasteiger partial charge in [0.15, 0.2) is 11.5 Å². The predicted octanol–water partition coefficient (Wildman–Crippen LogP) is 4.46. The second-order valence-electron chi connectivity index (χ2n) is 6.46. The Morgan fingerprint density at radius 1 is 0.938 bits per heavy atom. The molecule has 32 heavy (non-hydrogen) atoms. The molecule has 3 rings (SSSR count). The van der Waals surface area contributed by atoms with E-state index in [0.717, 1.165) is 3.57 Å². The highest BCUT2D eigenvalue weighted by Gasteiger charge is 2.16. The van der Waals surface area contributed by atoms with Crippen molar-refractivity contribution in [1.29, 1.82) is 0 Å². The van der Waals surface area contributed by atoms with Crippen molar-refractivity contribution in [2.45, 2.75) is 0 Å². The van der Waals surface area contributed by atoms with Crippen LogP contribution in [0.5, 0.6) is 11.5 Å². The van der Waals surface area contributed by atoms with Crippen molar-refractivity contribution in [3.63, 3.8) is 0 Å². The topological polar surface area (TPSA) is 89.0 Å². The maximum atomic E-state index is 13.0. The van der Waals surface area contributed by atoms with E-state index >= 15 is 0 Å². The Morgan fingerprint density at radius 2 is 1.66 bits per heavy atom. The first kappa shape index (κ1) is 23.2. The molecule has 0 saturated heterocycles. The van der Waals surface area contributed by atoms with Crippen LogP contribution < -0.4 is 20.2 Å². The fourth-order valence-electron chi connectivity index (χ4n) is 2.76. The van der Waals surface area contributed by atoms with Crippen molar-refractivity contribution < 1.29 is 23.5 Å². The number of halogens is 2. The third-order valence-electron chi connectivity index (χ3n) is 4.37. The van der Waals surface area contributed by atoms with Crippen molar-refractivity contribution in [3.05, 3.63) is 86.7 Å². The number of carbonyl (C=O) groups excluding carboxylic acids is 2. The van der Waals surface area contributed by atoms with Crippen molar-refractivity contribution in [1.82, 2.24) is 5.43 Å². The SMILES string of the molecule is COc1ccc(C(=O)Nc2ccc(I)cc2C(=O)NN=Cc2ccc(F)cc2)cc1OC. The number of anilines is 1. The van der Waals surface area contributed by atoms with Gasteiger partial charge in [-0.15, -0.1) is 0 Å². The first-order valence-electron chi connectivity index (χ1n) is 9.33. The number of ether oxygens (including phenoxy) is 2. The Morgan fingerprint density at radius 3 is 2.34 bits per heavy atom. The zero-order chi connectivity index (χ0) is 23.1. The summed E-state index contributed by atoms with van der Waals surface area (Å²) in [5.74, 6) is -0.381. The minimum absolute atomic E-state index is 0.238. The van der Waals surface area contributed by atoms with E-state index < -0.39 is 11.8 Å². The highest BCUT2D eigenvalue weighted by Crippen LogP contribution is 2.28. The second kappa shape index (κ2) is 10.7. The molecular weight excluding hydrogens is 528 g/mol. The Labute approximate surface area is 197 Å². The van der Waals surface area contributed by atoms with Crippen LogP contribution in [0.25, 0.3) is 0 Å². The maximum absolute atomic E-state index is 13.0. The number of hydrazone groups is 1. The number of nitrogens with zero attached hydrogens (tertiary/aromatic N) is 1. The number of amides is 2. The lowest BCUT2D eigenvalue weighted by Gasteiger charge is -2.12. The van der Waals surface area contributed by atoms with E-state index in [2.05, 4.69) is 38.4 Å². The molecular formula is C23H19FIN3O4. The molecule has 0 aliphatic carbocycles. The molecule has 2 N–H and O–H groups in total. The Balaban J connectivity index is 1.77.